The molecule has 2 aromatic rings. The molecule has 5 heteroatoms. The molecule has 0 saturated carbocycles. The first-order valence-electron chi connectivity index (χ1n) is 6.75. The number of nitrogens with two attached hydrogens (primary N) is 1. The maximum Gasteiger partial charge on any atom is 0.198 e. The van der Waals surface area contributed by atoms with Crippen LogP contribution in [0.5, 0.6) is 0 Å². The van der Waals surface area contributed by atoms with Gasteiger partial charge in [-0.05, 0) is 47.2 Å². The van der Waals surface area contributed by atoms with E-state index in [0.717, 1.165) is 24.0 Å². The minimum atomic E-state index is -2.62. The van der Waals surface area contributed by atoms with Gasteiger partial charge in [-0.2, -0.15) is 0 Å². The van der Waals surface area contributed by atoms with Crippen molar-refractivity contribution in [3.05, 3.63) is 59.4 Å². The molecular formula is C16H20FNO2S. The van der Waals surface area contributed by atoms with Gasteiger partial charge < -0.3 is 0 Å². The molecule has 0 heterocycles. The number of hydrogen-bond acceptors (Lipinski definition) is 2. The minimum absolute atomic E-state index is 0.175. The Morgan fingerprint density at radius 1 is 1.05 bits per heavy atom. The standard InChI is InChI=1S/C16H17F.H3NO2S/c1-3-12-7-6-10-16(15(12)4-2)13-8-5-9-14(17)11-13;1-4(2)3/h5-11H,3-4H2,1-2H3;4H,(H2,1,2,3). The predicted molar refractivity (Wildman–Crippen MR) is 85.1 cm³/mol. The first kappa shape index (κ1) is 17.3. The fourth-order valence-electron chi connectivity index (χ4n) is 2.31. The first-order chi connectivity index (χ1) is 9.99. The van der Waals surface area contributed by atoms with E-state index in [2.05, 4.69) is 37.2 Å². The van der Waals surface area contributed by atoms with Crippen LogP contribution >= 0.6 is 0 Å². The van der Waals surface area contributed by atoms with Gasteiger partial charge in [-0.1, -0.05) is 44.2 Å². The molecule has 0 aliphatic rings. The lowest BCUT2D eigenvalue weighted by atomic mass is 9.93. The van der Waals surface area contributed by atoms with Gasteiger partial charge in [-0.15, -0.1) is 0 Å². The maximum absolute atomic E-state index is 13.3. The second-order valence-corrected chi connectivity index (χ2v) is 5.02. The molecule has 0 aliphatic heterocycles. The highest BCUT2D eigenvalue weighted by Crippen LogP contribution is 2.27. The van der Waals surface area contributed by atoms with Crippen LogP contribution in [0.15, 0.2) is 42.5 Å². The van der Waals surface area contributed by atoms with E-state index < -0.39 is 10.9 Å². The number of aryl methyl sites for hydroxylation is 1. The summed E-state index contributed by atoms with van der Waals surface area (Å²) >= 11 is 0. The zero-order valence-electron chi connectivity index (χ0n) is 12.2. The molecule has 2 N–H and O–H groups in total. The van der Waals surface area contributed by atoms with Crippen LogP contribution in [-0.2, 0) is 23.7 Å². The molecule has 0 unspecified atom stereocenters. The molecule has 0 aromatic heterocycles. The van der Waals surface area contributed by atoms with Gasteiger partial charge in [0.25, 0.3) is 0 Å². The Morgan fingerprint density at radius 3 is 2.19 bits per heavy atom. The predicted octanol–water partition coefficient (Wildman–Crippen LogP) is 3.09. The van der Waals surface area contributed by atoms with Crippen LogP contribution in [0.1, 0.15) is 25.0 Å². The van der Waals surface area contributed by atoms with Crippen LogP contribution in [0.4, 0.5) is 4.39 Å². The van der Waals surface area contributed by atoms with Crippen molar-refractivity contribution in [3.8, 4) is 11.1 Å². The molecule has 0 amide bonds. The van der Waals surface area contributed by atoms with E-state index in [-0.39, 0.29) is 5.82 Å². The third-order valence-corrected chi connectivity index (χ3v) is 3.14. The van der Waals surface area contributed by atoms with Crippen LogP contribution < -0.4 is 5.14 Å². The van der Waals surface area contributed by atoms with Gasteiger partial charge in [0.05, 0.1) is 0 Å². The molecule has 114 valence electrons. The molecule has 2 aromatic carbocycles. The summed E-state index contributed by atoms with van der Waals surface area (Å²) in [6.07, 6.45) is 2.00. The number of benzene rings is 2. The van der Waals surface area contributed by atoms with Gasteiger partial charge in [0, 0.05) is 0 Å². The second-order valence-electron chi connectivity index (χ2n) is 4.45. The molecule has 0 aliphatic carbocycles. The lowest BCUT2D eigenvalue weighted by Crippen LogP contribution is -1.95. The summed E-state index contributed by atoms with van der Waals surface area (Å²) < 4.78 is 30.9. The van der Waals surface area contributed by atoms with Crippen LogP contribution in [0.3, 0.4) is 0 Å². The van der Waals surface area contributed by atoms with Crippen molar-refractivity contribution in [3.63, 3.8) is 0 Å². The normalized spacial score (nSPS) is 10.1. The molecule has 0 bridgehead atoms. The van der Waals surface area contributed by atoms with Crippen LogP contribution in [0.2, 0.25) is 0 Å². The molecule has 21 heavy (non-hydrogen) atoms. The zero-order valence-corrected chi connectivity index (χ0v) is 13.1. The Labute approximate surface area is 126 Å². The van der Waals surface area contributed by atoms with Crippen LogP contribution in [-0.4, -0.2) is 8.42 Å². The van der Waals surface area contributed by atoms with E-state index in [1.165, 1.54) is 17.2 Å². The van der Waals surface area contributed by atoms with Crippen molar-refractivity contribution in [2.45, 2.75) is 26.7 Å². The summed E-state index contributed by atoms with van der Waals surface area (Å²) in [5.41, 5.74) is 4.82. The summed E-state index contributed by atoms with van der Waals surface area (Å²) in [6.45, 7) is 4.31. The second kappa shape index (κ2) is 8.54. The maximum atomic E-state index is 13.3. The third kappa shape index (κ3) is 5.28. The fourth-order valence-corrected chi connectivity index (χ4v) is 2.31. The third-order valence-electron chi connectivity index (χ3n) is 3.14. The quantitative estimate of drug-likeness (QED) is 0.856. The molecule has 0 saturated heterocycles. The lowest BCUT2D eigenvalue weighted by molar-refractivity contribution is 0.616. The van der Waals surface area contributed by atoms with E-state index in [1.807, 2.05) is 6.07 Å². The Bertz CT molecular complexity index is 661. The molecule has 0 atom stereocenters. The molecular weight excluding hydrogens is 289 g/mol. The highest BCUT2D eigenvalue weighted by Gasteiger charge is 2.07. The number of rotatable bonds is 3. The van der Waals surface area contributed by atoms with Gasteiger partial charge >= 0.3 is 0 Å². The van der Waals surface area contributed by atoms with Gasteiger partial charge in [0.15, 0.2) is 10.9 Å². The highest BCUT2D eigenvalue weighted by atomic mass is 32.2. The van der Waals surface area contributed by atoms with Crippen molar-refractivity contribution in [1.82, 2.24) is 0 Å². The van der Waals surface area contributed by atoms with Gasteiger partial charge in [-0.25, -0.2) is 17.9 Å². The molecule has 0 radical (unpaired) electrons. The van der Waals surface area contributed by atoms with Gasteiger partial charge in [0.1, 0.15) is 5.82 Å². The average Bonchev–Trinajstić information content (AvgIpc) is 2.45. The topological polar surface area (TPSA) is 60.2 Å². The van der Waals surface area contributed by atoms with Crippen LogP contribution in [0, 0.1) is 5.82 Å². The van der Waals surface area contributed by atoms with E-state index in [1.54, 1.807) is 12.1 Å². The highest BCUT2D eigenvalue weighted by molar-refractivity contribution is 7.69. The number of thiol groups is 1. The van der Waals surface area contributed by atoms with E-state index >= 15 is 0 Å². The van der Waals surface area contributed by atoms with E-state index in [9.17, 15) is 4.39 Å². The number of hydrogen-bond donors (Lipinski definition) is 2. The van der Waals surface area contributed by atoms with Crippen LogP contribution in [0.25, 0.3) is 11.1 Å². The van der Waals surface area contributed by atoms with Crippen molar-refractivity contribution >= 4 is 10.9 Å². The van der Waals surface area contributed by atoms with Crippen molar-refractivity contribution in [2.24, 2.45) is 5.14 Å². The lowest BCUT2D eigenvalue weighted by Gasteiger charge is -2.12. The van der Waals surface area contributed by atoms with Gasteiger partial charge in [0.2, 0.25) is 0 Å². The van der Waals surface area contributed by atoms with E-state index in [0.29, 0.717) is 0 Å². The first-order valence-corrected chi connectivity index (χ1v) is 8.00. The minimum Gasteiger partial charge on any atom is -0.231 e. The Hall–Kier alpha value is -1.72. The summed E-state index contributed by atoms with van der Waals surface area (Å²) in [6, 6.07) is 13.1. The SMILES string of the molecule is CCc1cccc(-c2cccc(F)c2)c1CC.N[SH](=O)=O. The molecule has 2 rings (SSSR count). The van der Waals surface area contributed by atoms with Gasteiger partial charge in [-0.3, -0.25) is 0 Å². The smallest absolute Gasteiger partial charge is 0.198 e. The van der Waals surface area contributed by atoms with Crippen molar-refractivity contribution in [2.75, 3.05) is 0 Å². The monoisotopic (exact) mass is 309 g/mol. The summed E-state index contributed by atoms with van der Waals surface area (Å²) in [7, 11) is -2.62. The Balaban J connectivity index is 0.000000491. The Kier molecular flexibility index (Phi) is 7.05. The Morgan fingerprint density at radius 2 is 1.67 bits per heavy atom. The average molecular weight is 309 g/mol. The summed E-state index contributed by atoms with van der Waals surface area (Å²) in [5.74, 6) is -0.175. The molecule has 0 fully saturated rings. The molecule has 0 spiro atoms. The molecule has 3 nitrogen and oxygen atoms in total. The summed E-state index contributed by atoms with van der Waals surface area (Å²) in [5, 5.41) is 4.06. The fraction of sp³-hybridized carbons (Fsp3) is 0.250. The van der Waals surface area contributed by atoms with Crippen molar-refractivity contribution in [1.29, 1.82) is 0 Å². The largest absolute Gasteiger partial charge is 0.231 e. The van der Waals surface area contributed by atoms with E-state index in [4.69, 9.17) is 8.42 Å². The number of halogens is 1. The van der Waals surface area contributed by atoms with Crippen molar-refractivity contribution < 1.29 is 12.8 Å². The zero-order chi connectivity index (χ0) is 15.8. The summed E-state index contributed by atoms with van der Waals surface area (Å²) in [4.78, 5) is 0.